The highest BCUT2D eigenvalue weighted by molar-refractivity contribution is 5.39. The van der Waals surface area contributed by atoms with Gasteiger partial charge >= 0.3 is 0 Å². The predicted octanol–water partition coefficient (Wildman–Crippen LogP) is 4.55. The van der Waals surface area contributed by atoms with Gasteiger partial charge in [-0.15, -0.1) is 0 Å². The summed E-state index contributed by atoms with van der Waals surface area (Å²) >= 11 is 0. The molecule has 3 aromatic rings. The van der Waals surface area contributed by atoms with Gasteiger partial charge < -0.3 is 14.6 Å². The molecule has 23 heavy (non-hydrogen) atoms. The quantitative estimate of drug-likeness (QED) is 0.726. The van der Waals surface area contributed by atoms with Crippen LogP contribution in [-0.2, 0) is 13.2 Å². The zero-order valence-corrected chi connectivity index (χ0v) is 12.7. The molecule has 0 heterocycles. The van der Waals surface area contributed by atoms with E-state index >= 15 is 0 Å². The number of benzene rings is 3. The topological polar surface area (TPSA) is 38.7 Å². The lowest BCUT2D eigenvalue weighted by molar-refractivity contribution is 0.280. The van der Waals surface area contributed by atoms with E-state index in [0.29, 0.717) is 13.2 Å². The second-order valence-corrected chi connectivity index (χ2v) is 5.12. The third-order valence-corrected chi connectivity index (χ3v) is 3.51. The highest BCUT2D eigenvalue weighted by atomic mass is 16.5. The number of para-hydroxylation sites is 2. The molecule has 0 aliphatic heterocycles. The highest BCUT2D eigenvalue weighted by Gasteiger charge is 2.09. The number of hydrogen-bond acceptors (Lipinski definition) is 3. The van der Waals surface area contributed by atoms with E-state index in [9.17, 15) is 5.11 Å². The summed E-state index contributed by atoms with van der Waals surface area (Å²) in [5.41, 5.74) is 1.65. The molecule has 0 saturated heterocycles. The van der Waals surface area contributed by atoms with E-state index in [4.69, 9.17) is 9.47 Å². The minimum Gasteiger partial charge on any atom is -0.508 e. The van der Waals surface area contributed by atoms with Crippen molar-refractivity contribution in [2.24, 2.45) is 0 Å². The maximum Gasteiger partial charge on any atom is 0.122 e. The first kappa shape index (κ1) is 15.0. The Morgan fingerprint density at radius 1 is 0.609 bits per heavy atom. The fourth-order valence-corrected chi connectivity index (χ4v) is 2.27. The average molecular weight is 306 g/mol. The van der Waals surface area contributed by atoms with Gasteiger partial charge in [-0.3, -0.25) is 0 Å². The Morgan fingerprint density at radius 2 is 1.17 bits per heavy atom. The fourth-order valence-electron chi connectivity index (χ4n) is 2.27. The van der Waals surface area contributed by atoms with Crippen molar-refractivity contribution in [3.05, 3.63) is 90.0 Å². The minimum atomic E-state index is 0.218. The van der Waals surface area contributed by atoms with Crippen molar-refractivity contribution in [3.8, 4) is 17.2 Å². The smallest absolute Gasteiger partial charge is 0.122 e. The molecule has 0 atom stereocenters. The van der Waals surface area contributed by atoms with Crippen LogP contribution in [0.5, 0.6) is 17.2 Å². The van der Waals surface area contributed by atoms with Gasteiger partial charge in [0.15, 0.2) is 0 Å². The van der Waals surface area contributed by atoms with Crippen LogP contribution in [-0.4, -0.2) is 5.11 Å². The summed E-state index contributed by atoms with van der Waals surface area (Å²) in [6.07, 6.45) is 0. The molecular weight excluding hydrogens is 288 g/mol. The van der Waals surface area contributed by atoms with Crippen molar-refractivity contribution in [1.29, 1.82) is 0 Å². The zero-order chi connectivity index (χ0) is 15.9. The van der Waals surface area contributed by atoms with E-state index in [-0.39, 0.29) is 5.75 Å². The number of ether oxygens (including phenoxy) is 2. The van der Waals surface area contributed by atoms with Crippen LogP contribution >= 0.6 is 0 Å². The summed E-state index contributed by atoms with van der Waals surface area (Å²) in [5.74, 6) is 1.78. The Hall–Kier alpha value is -2.94. The molecule has 116 valence electrons. The van der Waals surface area contributed by atoms with E-state index in [1.807, 2.05) is 72.8 Å². The Kier molecular flexibility index (Phi) is 4.79. The van der Waals surface area contributed by atoms with Gasteiger partial charge in [-0.25, -0.2) is 0 Å². The molecule has 0 unspecified atom stereocenters. The Labute approximate surface area is 135 Å². The molecule has 0 bridgehead atoms. The monoisotopic (exact) mass is 306 g/mol. The molecule has 0 aliphatic carbocycles. The van der Waals surface area contributed by atoms with Crippen LogP contribution in [0.2, 0.25) is 0 Å². The molecule has 0 saturated carbocycles. The number of aromatic hydroxyl groups is 1. The second kappa shape index (κ2) is 7.36. The summed E-state index contributed by atoms with van der Waals surface area (Å²) in [6, 6.07) is 24.6. The van der Waals surface area contributed by atoms with Crippen LogP contribution < -0.4 is 9.47 Å². The number of rotatable bonds is 6. The van der Waals surface area contributed by atoms with E-state index in [1.54, 1.807) is 6.07 Å². The van der Waals surface area contributed by atoms with Crippen LogP contribution in [0.25, 0.3) is 0 Å². The summed E-state index contributed by atoms with van der Waals surface area (Å²) in [7, 11) is 0. The molecule has 0 radical (unpaired) electrons. The molecule has 3 aromatic carbocycles. The summed E-state index contributed by atoms with van der Waals surface area (Å²) < 4.78 is 11.5. The van der Waals surface area contributed by atoms with Crippen LogP contribution in [0.15, 0.2) is 78.9 Å². The number of phenolic OH excluding ortho intramolecular Hbond substituents is 1. The predicted molar refractivity (Wildman–Crippen MR) is 89.7 cm³/mol. The third-order valence-electron chi connectivity index (χ3n) is 3.51. The van der Waals surface area contributed by atoms with Gasteiger partial charge in [0.05, 0.1) is 0 Å². The lowest BCUT2D eigenvalue weighted by Crippen LogP contribution is -2.04. The van der Waals surface area contributed by atoms with E-state index in [1.165, 1.54) is 0 Å². The molecule has 0 fully saturated rings. The average Bonchev–Trinajstić information content (AvgIpc) is 2.61. The molecule has 0 aromatic heterocycles. The summed E-state index contributed by atoms with van der Waals surface area (Å²) in [6.45, 7) is 0.677. The first-order chi connectivity index (χ1) is 11.3. The van der Waals surface area contributed by atoms with Crippen molar-refractivity contribution in [2.45, 2.75) is 13.2 Å². The molecule has 0 amide bonds. The van der Waals surface area contributed by atoms with Crippen molar-refractivity contribution in [3.63, 3.8) is 0 Å². The lowest BCUT2D eigenvalue weighted by Gasteiger charge is -2.13. The van der Waals surface area contributed by atoms with Gasteiger partial charge in [0.2, 0.25) is 0 Å². The Balaban J connectivity index is 1.71. The lowest BCUT2D eigenvalue weighted by atomic mass is 10.1. The molecule has 3 nitrogen and oxygen atoms in total. The molecule has 1 N–H and O–H groups in total. The summed E-state index contributed by atoms with van der Waals surface area (Å²) in [4.78, 5) is 0. The maximum absolute atomic E-state index is 10.1. The third kappa shape index (κ3) is 4.04. The molecule has 3 heteroatoms. The normalized spacial score (nSPS) is 10.3. The zero-order valence-electron chi connectivity index (χ0n) is 12.7. The fraction of sp³-hybridized carbons (Fsp3) is 0.100. The van der Waals surface area contributed by atoms with Crippen molar-refractivity contribution in [2.75, 3.05) is 0 Å². The van der Waals surface area contributed by atoms with Crippen LogP contribution in [0.4, 0.5) is 0 Å². The van der Waals surface area contributed by atoms with Crippen molar-refractivity contribution in [1.82, 2.24) is 0 Å². The molecule has 3 rings (SSSR count). The van der Waals surface area contributed by atoms with Gasteiger partial charge in [-0.1, -0.05) is 48.5 Å². The number of phenols is 1. The van der Waals surface area contributed by atoms with Gasteiger partial charge in [-0.2, -0.15) is 0 Å². The SMILES string of the molecule is Oc1cccc(COc2ccccc2)c1COc1ccccc1. The number of hydrogen-bond donors (Lipinski definition) is 1. The molecule has 0 aliphatic rings. The molecule has 0 spiro atoms. The maximum atomic E-state index is 10.1. The van der Waals surface area contributed by atoms with Crippen LogP contribution in [0.3, 0.4) is 0 Å². The minimum absolute atomic E-state index is 0.218. The van der Waals surface area contributed by atoms with Crippen molar-refractivity contribution >= 4 is 0 Å². The van der Waals surface area contributed by atoms with Gasteiger partial charge in [0.1, 0.15) is 30.5 Å². The van der Waals surface area contributed by atoms with E-state index < -0.39 is 0 Å². The largest absolute Gasteiger partial charge is 0.508 e. The van der Waals surface area contributed by atoms with Gasteiger partial charge in [0.25, 0.3) is 0 Å². The summed E-state index contributed by atoms with van der Waals surface area (Å²) in [5, 5.41) is 10.1. The first-order valence-corrected chi connectivity index (χ1v) is 7.48. The Morgan fingerprint density at radius 3 is 1.78 bits per heavy atom. The second-order valence-electron chi connectivity index (χ2n) is 5.12. The highest BCUT2D eigenvalue weighted by Crippen LogP contribution is 2.24. The van der Waals surface area contributed by atoms with E-state index in [2.05, 4.69) is 0 Å². The van der Waals surface area contributed by atoms with Gasteiger partial charge in [0, 0.05) is 5.56 Å². The first-order valence-electron chi connectivity index (χ1n) is 7.48. The Bertz CT molecular complexity index is 739. The standard InChI is InChI=1S/C20H18O3/c21-20-13-7-8-16(14-22-17-9-3-1-4-10-17)19(20)15-23-18-11-5-2-6-12-18/h1-13,21H,14-15H2. The van der Waals surface area contributed by atoms with E-state index in [0.717, 1.165) is 22.6 Å². The van der Waals surface area contributed by atoms with Crippen LogP contribution in [0.1, 0.15) is 11.1 Å². The van der Waals surface area contributed by atoms with Gasteiger partial charge in [-0.05, 0) is 35.9 Å². The van der Waals surface area contributed by atoms with Crippen LogP contribution in [0, 0.1) is 0 Å². The van der Waals surface area contributed by atoms with Crippen molar-refractivity contribution < 1.29 is 14.6 Å². The molecular formula is C20H18O3.